The molecular formula is C14H26N4O. The van der Waals surface area contributed by atoms with E-state index in [2.05, 4.69) is 17.2 Å². The average Bonchev–Trinajstić information content (AvgIpc) is 2.79. The summed E-state index contributed by atoms with van der Waals surface area (Å²) in [5, 5.41) is 2.91. The van der Waals surface area contributed by atoms with Gasteiger partial charge in [0, 0.05) is 25.9 Å². The third kappa shape index (κ3) is 5.87. The smallest absolute Gasteiger partial charge is 0.220 e. The van der Waals surface area contributed by atoms with E-state index in [1.807, 2.05) is 17.8 Å². The summed E-state index contributed by atoms with van der Waals surface area (Å²) in [6.07, 6.45) is 8.44. The van der Waals surface area contributed by atoms with Crippen molar-refractivity contribution in [3.8, 4) is 0 Å². The molecule has 3 N–H and O–H groups in total. The van der Waals surface area contributed by atoms with E-state index >= 15 is 0 Å². The maximum Gasteiger partial charge on any atom is 0.220 e. The molecule has 1 aromatic rings. The summed E-state index contributed by atoms with van der Waals surface area (Å²) in [5.74, 6) is 1.55. The minimum atomic E-state index is 0.0983. The van der Waals surface area contributed by atoms with Gasteiger partial charge in [0.2, 0.25) is 5.91 Å². The fraction of sp³-hybridized carbons (Fsp3) is 0.714. The lowest BCUT2D eigenvalue weighted by molar-refractivity contribution is -0.121. The normalized spacial score (nSPS) is 12.4. The van der Waals surface area contributed by atoms with Crippen LogP contribution in [0.1, 0.15) is 44.9 Å². The van der Waals surface area contributed by atoms with E-state index < -0.39 is 0 Å². The van der Waals surface area contributed by atoms with Crippen LogP contribution in [0.5, 0.6) is 0 Å². The first kappa shape index (κ1) is 15.7. The van der Waals surface area contributed by atoms with Gasteiger partial charge >= 0.3 is 0 Å². The number of aromatic nitrogens is 2. The molecule has 0 bridgehead atoms. The van der Waals surface area contributed by atoms with Crippen molar-refractivity contribution >= 4 is 5.91 Å². The van der Waals surface area contributed by atoms with Crippen molar-refractivity contribution in [1.82, 2.24) is 14.9 Å². The summed E-state index contributed by atoms with van der Waals surface area (Å²) in [4.78, 5) is 16.0. The van der Waals surface area contributed by atoms with Gasteiger partial charge in [0.15, 0.2) is 0 Å². The number of hydrogen-bond acceptors (Lipinski definition) is 3. The Morgan fingerprint density at radius 1 is 1.47 bits per heavy atom. The number of imidazole rings is 1. The molecule has 0 aliphatic rings. The van der Waals surface area contributed by atoms with Crippen LogP contribution in [0.2, 0.25) is 0 Å². The second-order valence-electron chi connectivity index (χ2n) is 5.00. The van der Waals surface area contributed by atoms with Gasteiger partial charge in [0.1, 0.15) is 5.82 Å². The highest BCUT2D eigenvalue weighted by atomic mass is 16.1. The minimum absolute atomic E-state index is 0.0983. The molecule has 1 rings (SSSR count). The van der Waals surface area contributed by atoms with Gasteiger partial charge in [-0.15, -0.1) is 0 Å². The highest BCUT2D eigenvalue weighted by Crippen LogP contribution is 2.16. The molecule has 108 valence electrons. The predicted octanol–water partition coefficient (Wildman–Crippen LogP) is 1.58. The first-order valence-corrected chi connectivity index (χ1v) is 7.10. The summed E-state index contributed by atoms with van der Waals surface area (Å²) in [6.45, 7) is 3.38. The molecule has 0 aromatic carbocycles. The Hall–Kier alpha value is -1.36. The molecule has 0 fully saturated rings. The molecule has 0 spiro atoms. The predicted molar refractivity (Wildman–Crippen MR) is 76.4 cm³/mol. The Kier molecular flexibility index (Phi) is 7.18. The second kappa shape index (κ2) is 8.69. The third-order valence-electron chi connectivity index (χ3n) is 3.42. The maximum atomic E-state index is 11.8. The number of carbonyl (C=O) groups excluding carboxylic acids is 1. The number of nitrogens with one attached hydrogen (secondary N) is 1. The SMILES string of the molecule is CCCC(CCN)CCC(=O)NCc1nccn1C. The maximum absolute atomic E-state index is 11.8. The van der Waals surface area contributed by atoms with Gasteiger partial charge in [-0.1, -0.05) is 19.8 Å². The van der Waals surface area contributed by atoms with Crippen LogP contribution in [-0.2, 0) is 18.4 Å². The van der Waals surface area contributed by atoms with Crippen molar-refractivity contribution in [1.29, 1.82) is 0 Å². The van der Waals surface area contributed by atoms with Gasteiger partial charge in [-0.25, -0.2) is 4.98 Å². The van der Waals surface area contributed by atoms with Crippen LogP contribution in [0.4, 0.5) is 0 Å². The molecule has 0 saturated heterocycles. The van der Waals surface area contributed by atoms with E-state index in [-0.39, 0.29) is 5.91 Å². The lowest BCUT2D eigenvalue weighted by Crippen LogP contribution is -2.25. The van der Waals surface area contributed by atoms with Crippen LogP contribution in [0.15, 0.2) is 12.4 Å². The number of nitrogens with zero attached hydrogens (tertiary/aromatic N) is 2. The average molecular weight is 266 g/mol. The number of amides is 1. The number of rotatable bonds is 9. The van der Waals surface area contributed by atoms with E-state index in [0.717, 1.165) is 31.5 Å². The van der Waals surface area contributed by atoms with E-state index in [1.54, 1.807) is 6.20 Å². The molecule has 0 aliphatic carbocycles. The number of hydrogen-bond donors (Lipinski definition) is 2. The Bertz CT molecular complexity index is 369. The largest absolute Gasteiger partial charge is 0.349 e. The molecule has 1 aromatic heterocycles. The van der Waals surface area contributed by atoms with Gasteiger partial charge in [-0.2, -0.15) is 0 Å². The van der Waals surface area contributed by atoms with Crippen LogP contribution in [0, 0.1) is 5.92 Å². The van der Waals surface area contributed by atoms with Gasteiger partial charge in [-0.3, -0.25) is 4.79 Å². The van der Waals surface area contributed by atoms with E-state index in [0.29, 0.717) is 25.4 Å². The van der Waals surface area contributed by atoms with Gasteiger partial charge < -0.3 is 15.6 Å². The van der Waals surface area contributed by atoms with Gasteiger partial charge in [0.05, 0.1) is 6.54 Å². The summed E-state index contributed by atoms with van der Waals surface area (Å²) in [6, 6.07) is 0. The third-order valence-corrected chi connectivity index (χ3v) is 3.42. The quantitative estimate of drug-likeness (QED) is 0.712. The fourth-order valence-electron chi connectivity index (χ4n) is 2.25. The molecule has 1 heterocycles. The van der Waals surface area contributed by atoms with Gasteiger partial charge in [-0.05, 0) is 25.3 Å². The molecule has 0 aliphatic heterocycles. The number of nitrogens with two attached hydrogens (primary N) is 1. The molecule has 5 nitrogen and oxygen atoms in total. The molecular weight excluding hydrogens is 240 g/mol. The Balaban J connectivity index is 2.25. The topological polar surface area (TPSA) is 72.9 Å². The molecule has 0 radical (unpaired) electrons. The lowest BCUT2D eigenvalue weighted by atomic mass is 9.94. The first-order chi connectivity index (χ1) is 9.17. The zero-order chi connectivity index (χ0) is 14.1. The summed E-state index contributed by atoms with van der Waals surface area (Å²) < 4.78 is 1.91. The lowest BCUT2D eigenvalue weighted by Gasteiger charge is -2.14. The van der Waals surface area contributed by atoms with Gasteiger partial charge in [0.25, 0.3) is 0 Å². The van der Waals surface area contributed by atoms with Crippen molar-refractivity contribution in [3.05, 3.63) is 18.2 Å². The fourth-order valence-corrected chi connectivity index (χ4v) is 2.25. The summed E-state index contributed by atoms with van der Waals surface area (Å²) >= 11 is 0. The second-order valence-corrected chi connectivity index (χ2v) is 5.00. The molecule has 1 atom stereocenters. The standard InChI is InChI=1S/C14H26N4O/c1-3-4-12(7-8-15)5-6-14(19)17-11-13-16-9-10-18(13)2/h9-10,12H,3-8,11,15H2,1-2H3,(H,17,19). The van der Waals surface area contributed by atoms with E-state index in [4.69, 9.17) is 5.73 Å². The zero-order valence-corrected chi connectivity index (χ0v) is 12.1. The van der Waals surface area contributed by atoms with Crippen molar-refractivity contribution in [2.45, 2.75) is 45.6 Å². The van der Waals surface area contributed by atoms with Crippen LogP contribution in [-0.4, -0.2) is 22.0 Å². The summed E-state index contributed by atoms with van der Waals surface area (Å²) in [5.41, 5.74) is 5.59. The van der Waals surface area contributed by atoms with Crippen molar-refractivity contribution in [3.63, 3.8) is 0 Å². The van der Waals surface area contributed by atoms with E-state index in [1.165, 1.54) is 0 Å². The van der Waals surface area contributed by atoms with Crippen LogP contribution < -0.4 is 11.1 Å². The van der Waals surface area contributed by atoms with Crippen molar-refractivity contribution in [2.75, 3.05) is 6.54 Å². The first-order valence-electron chi connectivity index (χ1n) is 7.10. The highest BCUT2D eigenvalue weighted by molar-refractivity contribution is 5.75. The van der Waals surface area contributed by atoms with Crippen molar-refractivity contribution < 1.29 is 4.79 Å². The molecule has 1 amide bonds. The van der Waals surface area contributed by atoms with Crippen molar-refractivity contribution in [2.24, 2.45) is 18.7 Å². The summed E-state index contributed by atoms with van der Waals surface area (Å²) in [7, 11) is 1.92. The monoisotopic (exact) mass is 266 g/mol. The zero-order valence-electron chi connectivity index (χ0n) is 12.1. The van der Waals surface area contributed by atoms with E-state index in [9.17, 15) is 4.79 Å². The van der Waals surface area contributed by atoms with Crippen LogP contribution in [0.3, 0.4) is 0 Å². The molecule has 5 heteroatoms. The molecule has 19 heavy (non-hydrogen) atoms. The minimum Gasteiger partial charge on any atom is -0.349 e. The Labute approximate surface area is 115 Å². The highest BCUT2D eigenvalue weighted by Gasteiger charge is 2.10. The molecule has 0 saturated carbocycles. The molecule has 1 unspecified atom stereocenters. The number of aryl methyl sites for hydroxylation is 1. The Morgan fingerprint density at radius 2 is 2.26 bits per heavy atom. The number of carbonyl (C=O) groups is 1. The Morgan fingerprint density at radius 3 is 2.84 bits per heavy atom. The van der Waals surface area contributed by atoms with Crippen LogP contribution in [0.25, 0.3) is 0 Å². The van der Waals surface area contributed by atoms with Crippen LogP contribution >= 0.6 is 0 Å².